The summed E-state index contributed by atoms with van der Waals surface area (Å²) < 4.78 is 0. The van der Waals surface area contributed by atoms with Gasteiger partial charge in [0.2, 0.25) is 0 Å². The van der Waals surface area contributed by atoms with Gasteiger partial charge in [-0.25, -0.2) is 0 Å². The lowest BCUT2D eigenvalue weighted by Crippen LogP contribution is -2.49. The molecule has 6 atom stereocenters. The molecule has 0 bridgehead atoms. The molecular weight excluding hydrogens is 352 g/mol. The maximum atomic E-state index is 13.4. The van der Waals surface area contributed by atoms with E-state index in [2.05, 4.69) is 32.1 Å². The molecule has 0 amide bonds. The van der Waals surface area contributed by atoms with Crippen LogP contribution in [0.1, 0.15) is 104 Å². The quantitative estimate of drug-likeness (QED) is 0.478. The monoisotopic (exact) mass is 394 g/mol. The number of Topliss-reactive ketones (excluding diaryl/α,β-unsaturated/α-hetero) is 1. The Balaban J connectivity index is 1.29. The molecule has 0 N–H and O–H groups in total. The number of allylic oxidation sites excluding steroid dienone is 4. The summed E-state index contributed by atoms with van der Waals surface area (Å²) in [5.74, 6) is 4.30. The Bertz CT molecular complexity index is 695. The fraction of sp³-hybridized carbons (Fsp3) is 0.821. The summed E-state index contributed by atoms with van der Waals surface area (Å²) in [7, 11) is 0. The van der Waals surface area contributed by atoms with Crippen LogP contribution in [0.15, 0.2) is 23.8 Å². The number of rotatable bonds is 4. The topological polar surface area (TPSA) is 17.1 Å². The first-order valence-corrected chi connectivity index (χ1v) is 12.9. The van der Waals surface area contributed by atoms with Gasteiger partial charge in [0.1, 0.15) is 5.78 Å². The minimum atomic E-state index is 0.289. The van der Waals surface area contributed by atoms with Gasteiger partial charge in [-0.15, -0.1) is 0 Å². The Hall–Kier alpha value is -0.850. The van der Waals surface area contributed by atoms with Gasteiger partial charge in [0, 0.05) is 12.3 Å². The van der Waals surface area contributed by atoms with Gasteiger partial charge in [0.25, 0.3) is 0 Å². The molecule has 160 valence electrons. The highest BCUT2D eigenvalue weighted by atomic mass is 16.1. The molecule has 0 aromatic rings. The highest BCUT2D eigenvalue weighted by Gasteiger charge is 2.59. The molecule has 0 heterocycles. The van der Waals surface area contributed by atoms with Gasteiger partial charge in [0.05, 0.1) is 0 Å². The summed E-state index contributed by atoms with van der Waals surface area (Å²) in [6.45, 7) is 5.08. The van der Waals surface area contributed by atoms with Crippen LogP contribution in [0.25, 0.3) is 0 Å². The standard InChI is InChI=1S/C28H42O/c1-27-18-7-6-10-21(27)12-13-22-23-14-15-25(28(23,2)19-17-24(22)27)26(29)16-11-20-8-4-3-5-9-20/h6,10,12,20,22-25H,3-5,7-9,11,13-19H2,1-2H3/t22-,23-,24-,25+,27-,28-/m0/s1. The van der Waals surface area contributed by atoms with Crippen molar-refractivity contribution in [3.8, 4) is 0 Å². The number of hydrogen-bond acceptors (Lipinski definition) is 1. The average Bonchev–Trinajstić information content (AvgIpc) is 3.09. The van der Waals surface area contributed by atoms with Gasteiger partial charge in [-0.05, 0) is 91.4 Å². The molecule has 5 aliphatic carbocycles. The molecule has 5 aliphatic rings. The second-order valence-electron chi connectivity index (χ2n) is 11.8. The van der Waals surface area contributed by atoms with Crippen molar-refractivity contribution >= 4 is 5.78 Å². The van der Waals surface area contributed by atoms with Gasteiger partial charge in [0.15, 0.2) is 0 Å². The fourth-order valence-corrected chi connectivity index (χ4v) is 8.82. The predicted octanol–water partition coefficient (Wildman–Crippen LogP) is 7.66. The van der Waals surface area contributed by atoms with Crippen LogP contribution >= 0.6 is 0 Å². The molecule has 3 fully saturated rings. The first-order chi connectivity index (χ1) is 14.0. The summed E-state index contributed by atoms with van der Waals surface area (Å²) in [5.41, 5.74) is 2.32. The van der Waals surface area contributed by atoms with E-state index in [1.54, 1.807) is 5.57 Å². The molecule has 29 heavy (non-hydrogen) atoms. The van der Waals surface area contributed by atoms with Crippen LogP contribution in [0.3, 0.4) is 0 Å². The second-order valence-corrected chi connectivity index (χ2v) is 11.8. The van der Waals surface area contributed by atoms with Crippen LogP contribution < -0.4 is 0 Å². The number of ketones is 1. The Kier molecular flexibility index (Phi) is 5.32. The van der Waals surface area contributed by atoms with Gasteiger partial charge >= 0.3 is 0 Å². The van der Waals surface area contributed by atoms with Crippen LogP contribution in [-0.2, 0) is 4.79 Å². The molecule has 1 nitrogen and oxygen atoms in total. The number of carbonyl (C=O) groups is 1. The molecule has 0 spiro atoms. The van der Waals surface area contributed by atoms with E-state index in [-0.39, 0.29) is 5.41 Å². The van der Waals surface area contributed by atoms with Gasteiger partial charge in [-0.3, -0.25) is 4.79 Å². The van der Waals surface area contributed by atoms with Crippen molar-refractivity contribution < 1.29 is 4.79 Å². The van der Waals surface area contributed by atoms with E-state index >= 15 is 0 Å². The minimum Gasteiger partial charge on any atom is -0.299 e. The third-order valence-electron chi connectivity index (χ3n) is 10.6. The number of carbonyl (C=O) groups excluding carboxylic acids is 1. The summed E-state index contributed by atoms with van der Waals surface area (Å²) in [6, 6.07) is 0. The molecular formula is C28H42O. The van der Waals surface area contributed by atoms with Crippen molar-refractivity contribution in [1.29, 1.82) is 0 Å². The van der Waals surface area contributed by atoms with E-state index in [9.17, 15) is 4.79 Å². The van der Waals surface area contributed by atoms with Crippen LogP contribution in [0.2, 0.25) is 0 Å². The lowest BCUT2D eigenvalue weighted by molar-refractivity contribution is -0.129. The van der Waals surface area contributed by atoms with Crippen molar-refractivity contribution in [3.63, 3.8) is 0 Å². The Morgan fingerprint density at radius 1 is 1.00 bits per heavy atom. The maximum Gasteiger partial charge on any atom is 0.136 e. The third kappa shape index (κ3) is 3.30. The highest BCUT2D eigenvalue weighted by Crippen LogP contribution is 2.65. The largest absolute Gasteiger partial charge is 0.299 e. The van der Waals surface area contributed by atoms with E-state index in [1.165, 1.54) is 83.5 Å². The second kappa shape index (κ2) is 7.69. The van der Waals surface area contributed by atoms with Gasteiger partial charge in [-0.1, -0.05) is 64.2 Å². The molecule has 3 saturated carbocycles. The predicted molar refractivity (Wildman–Crippen MR) is 121 cm³/mol. The number of hydrogen-bond donors (Lipinski definition) is 0. The Labute approximate surface area is 178 Å². The SMILES string of the molecule is C[C@]12CC[C@H]3[C@@H](CC=C4C=CCC[C@@]43C)[C@@H]1CC[C@@H]2C(=O)CCC1CCCCC1. The van der Waals surface area contributed by atoms with E-state index in [1.807, 2.05) is 0 Å². The van der Waals surface area contributed by atoms with Crippen LogP contribution in [0.4, 0.5) is 0 Å². The van der Waals surface area contributed by atoms with Crippen LogP contribution in [-0.4, -0.2) is 5.78 Å². The Morgan fingerprint density at radius 3 is 2.66 bits per heavy atom. The van der Waals surface area contributed by atoms with Crippen LogP contribution in [0.5, 0.6) is 0 Å². The zero-order valence-electron chi connectivity index (χ0n) is 18.9. The van der Waals surface area contributed by atoms with Crippen LogP contribution in [0, 0.1) is 40.4 Å². The first-order valence-electron chi connectivity index (χ1n) is 12.9. The fourth-order valence-electron chi connectivity index (χ4n) is 8.82. The smallest absolute Gasteiger partial charge is 0.136 e. The van der Waals surface area contributed by atoms with E-state index in [0.29, 0.717) is 17.1 Å². The third-order valence-corrected chi connectivity index (χ3v) is 10.6. The van der Waals surface area contributed by atoms with Crippen molar-refractivity contribution in [3.05, 3.63) is 23.8 Å². The van der Waals surface area contributed by atoms with Crippen molar-refractivity contribution in [1.82, 2.24) is 0 Å². The first kappa shape index (κ1) is 20.1. The molecule has 1 heteroatoms. The maximum absolute atomic E-state index is 13.4. The normalized spacial score (nSPS) is 44.6. The Morgan fingerprint density at radius 2 is 1.83 bits per heavy atom. The van der Waals surface area contributed by atoms with Crippen molar-refractivity contribution in [2.45, 2.75) is 104 Å². The van der Waals surface area contributed by atoms with E-state index < -0.39 is 0 Å². The molecule has 0 aromatic heterocycles. The summed E-state index contributed by atoms with van der Waals surface area (Å²) >= 11 is 0. The molecule has 0 saturated heterocycles. The average molecular weight is 395 g/mol. The van der Waals surface area contributed by atoms with Gasteiger partial charge < -0.3 is 0 Å². The summed E-state index contributed by atoms with van der Waals surface area (Å²) in [4.78, 5) is 13.4. The zero-order valence-corrected chi connectivity index (χ0v) is 18.9. The number of fused-ring (bicyclic) bond motifs is 5. The highest BCUT2D eigenvalue weighted by molar-refractivity contribution is 5.82. The van der Waals surface area contributed by atoms with Crippen molar-refractivity contribution in [2.75, 3.05) is 0 Å². The lowest BCUT2D eigenvalue weighted by atomic mass is 9.48. The van der Waals surface area contributed by atoms with Crippen molar-refractivity contribution in [2.24, 2.45) is 40.4 Å². The van der Waals surface area contributed by atoms with E-state index in [4.69, 9.17) is 0 Å². The molecule has 0 aliphatic heterocycles. The summed E-state index contributed by atoms with van der Waals surface area (Å²) in [5, 5.41) is 0. The molecule has 0 unspecified atom stereocenters. The minimum absolute atomic E-state index is 0.289. The molecule has 5 rings (SSSR count). The van der Waals surface area contributed by atoms with E-state index in [0.717, 1.165) is 30.1 Å². The lowest BCUT2D eigenvalue weighted by Gasteiger charge is -2.56. The summed E-state index contributed by atoms with van der Waals surface area (Å²) in [6.07, 6.45) is 25.4. The molecule has 0 radical (unpaired) electrons. The zero-order chi connectivity index (χ0) is 20.1. The van der Waals surface area contributed by atoms with Gasteiger partial charge in [-0.2, -0.15) is 0 Å². The molecule has 0 aromatic carbocycles.